The predicted molar refractivity (Wildman–Crippen MR) is 73.6 cm³/mol. The van der Waals surface area contributed by atoms with Crippen LogP contribution in [0.25, 0.3) is 11.2 Å². The molecule has 0 saturated heterocycles. The Kier molecular flexibility index (Phi) is 3.11. The summed E-state index contributed by atoms with van der Waals surface area (Å²) >= 11 is 1.66. The minimum atomic E-state index is 0.497. The molecule has 2 N–H and O–H groups in total. The fourth-order valence-corrected chi connectivity index (χ4v) is 2.81. The molecule has 0 amide bonds. The molecule has 1 saturated carbocycles. The SMILES string of the molecule is CCCSc1nc(N)c2ncn(C3CCC3)c2n1. The van der Waals surface area contributed by atoms with Gasteiger partial charge in [-0.3, -0.25) is 0 Å². The molecule has 1 aliphatic rings. The van der Waals surface area contributed by atoms with Crippen LogP contribution >= 0.6 is 11.8 Å². The second-order valence-electron chi connectivity index (χ2n) is 4.65. The number of imidazole rings is 1. The van der Waals surface area contributed by atoms with Crippen molar-refractivity contribution in [2.75, 3.05) is 11.5 Å². The van der Waals surface area contributed by atoms with Crippen LogP contribution in [0.5, 0.6) is 0 Å². The fourth-order valence-electron chi connectivity index (χ4n) is 2.11. The molecule has 0 spiro atoms. The maximum absolute atomic E-state index is 5.96. The summed E-state index contributed by atoms with van der Waals surface area (Å²) in [4.78, 5) is 13.3. The molecule has 0 unspecified atom stereocenters. The van der Waals surface area contributed by atoms with Crippen LogP contribution in [0.4, 0.5) is 5.82 Å². The number of nitrogens with zero attached hydrogens (tertiary/aromatic N) is 4. The van der Waals surface area contributed by atoms with E-state index < -0.39 is 0 Å². The van der Waals surface area contributed by atoms with Crippen LogP contribution in [-0.2, 0) is 0 Å². The van der Waals surface area contributed by atoms with Crippen LogP contribution in [0.1, 0.15) is 38.6 Å². The summed E-state index contributed by atoms with van der Waals surface area (Å²) < 4.78 is 2.16. The third-order valence-corrected chi connectivity index (χ3v) is 4.38. The Hall–Kier alpha value is -1.30. The highest BCUT2D eigenvalue weighted by molar-refractivity contribution is 7.99. The molecule has 6 heteroatoms. The van der Waals surface area contributed by atoms with Gasteiger partial charge in [0.15, 0.2) is 16.6 Å². The minimum absolute atomic E-state index is 0.497. The number of rotatable bonds is 4. The largest absolute Gasteiger partial charge is 0.382 e. The van der Waals surface area contributed by atoms with Crippen LogP contribution < -0.4 is 5.73 Å². The number of aromatic nitrogens is 4. The molecule has 2 aromatic heterocycles. The Balaban J connectivity index is 2.02. The van der Waals surface area contributed by atoms with Crippen molar-refractivity contribution in [2.24, 2.45) is 0 Å². The van der Waals surface area contributed by atoms with E-state index in [1.165, 1.54) is 19.3 Å². The molecule has 0 radical (unpaired) electrons. The van der Waals surface area contributed by atoms with Crippen molar-refractivity contribution in [3.63, 3.8) is 0 Å². The van der Waals surface area contributed by atoms with Crippen LogP contribution in [-0.4, -0.2) is 25.3 Å². The Labute approximate surface area is 110 Å². The summed E-state index contributed by atoms with van der Waals surface area (Å²) in [5.74, 6) is 1.51. The van der Waals surface area contributed by atoms with Gasteiger partial charge in [-0.1, -0.05) is 18.7 Å². The van der Waals surface area contributed by atoms with Crippen LogP contribution in [0.2, 0.25) is 0 Å². The van der Waals surface area contributed by atoms with Crippen molar-refractivity contribution in [1.82, 2.24) is 19.5 Å². The molecule has 2 aromatic rings. The first-order valence-electron chi connectivity index (χ1n) is 6.42. The zero-order chi connectivity index (χ0) is 12.5. The lowest BCUT2D eigenvalue weighted by Crippen LogP contribution is -2.16. The molecule has 1 fully saturated rings. The second-order valence-corrected chi connectivity index (χ2v) is 5.71. The molecule has 96 valence electrons. The van der Waals surface area contributed by atoms with E-state index in [2.05, 4.69) is 26.4 Å². The second kappa shape index (κ2) is 4.76. The van der Waals surface area contributed by atoms with E-state index in [4.69, 9.17) is 5.73 Å². The standard InChI is InChI=1S/C12H17N5S/c1-2-6-18-12-15-10(13)9-11(16-12)17(7-14-9)8-4-3-5-8/h7-8H,2-6H2,1H3,(H2,13,15,16). The van der Waals surface area contributed by atoms with Gasteiger partial charge in [-0.2, -0.15) is 0 Å². The minimum Gasteiger partial charge on any atom is -0.382 e. The summed E-state index contributed by atoms with van der Waals surface area (Å²) in [5, 5.41) is 0.767. The highest BCUT2D eigenvalue weighted by atomic mass is 32.2. The van der Waals surface area contributed by atoms with Crippen molar-refractivity contribution in [2.45, 2.75) is 43.8 Å². The first-order chi connectivity index (χ1) is 8.79. The molecule has 3 rings (SSSR count). The van der Waals surface area contributed by atoms with E-state index in [1.807, 2.05) is 6.33 Å². The normalized spacial score (nSPS) is 16.1. The number of hydrogen-bond donors (Lipinski definition) is 1. The van der Waals surface area contributed by atoms with Gasteiger partial charge in [-0.15, -0.1) is 0 Å². The van der Waals surface area contributed by atoms with Crippen molar-refractivity contribution in [3.8, 4) is 0 Å². The average molecular weight is 263 g/mol. The molecule has 0 aliphatic heterocycles. The number of fused-ring (bicyclic) bond motifs is 1. The number of nitrogens with two attached hydrogens (primary N) is 1. The topological polar surface area (TPSA) is 69.6 Å². The lowest BCUT2D eigenvalue weighted by molar-refractivity contribution is 0.319. The van der Waals surface area contributed by atoms with E-state index in [1.54, 1.807) is 11.8 Å². The van der Waals surface area contributed by atoms with E-state index >= 15 is 0 Å². The molecule has 0 bridgehead atoms. The first kappa shape index (κ1) is 11.8. The lowest BCUT2D eigenvalue weighted by Gasteiger charge is -2.26. The van der Waals surface area contributed by atoms with Gasteiger partial charge in [0, 0.05) is 11.8 Å². The van der Waals surface area contributed by atoms with Gasteiger partial charge in [0.1, 0.15) is 5.52 Å². The molecule has 2 heterocycles. The number of thioether (sulfide) groups is 1. The first-order valence-corrected chi connectivity index (χ1v) is 7.41. The van der Waals surface area contributed by atoms with Gasteiger partial charge in [-0.05, 0) is 25.7 Å². The van der Waals surface area contributed by atoms with E-state index in [-0.39, 0.29) is 0 Å². The van der Waals surface area contributed by atoms with Gasteiger partial charge >= 0.3 is 0 Å². The Morgan fingerprint density at radius 3 is 2.94 bits per heavy atom. The van der Waals surface area contributed by atoms with Crippen molar-refractivity contribution in [3.05, 3.63) is 6.33 Å². The Morgan fingerprint density at radius 1 is 1.44 bits per heavy atom. The van der Waals surface area contributed by atoms with Crippen LogP contribution in [0.3, 0.4) is 0 Å². The van der Waals surface area contributed by atoms with Crippen molar-refractivity contribution in [1.29, 1.82) is 0 Å². The molecular formula is C12H17N5S. The monoisotopic (exact) mass is 263 g/mol. The number of anilines is 1. The predicted octanol–water partition coefficient (Wildman–Crippen LogP) is 2.64. The average Bonchev–Trinajstić information content (AvgIpc) is 2.69. The summed E-state index contributed by atoms with van der Waals surface area (Å²) in [5.41, 5.74) is 7.59. The van der Waals surface area contributed by atoms with E-state index in [9.17, 15) is 0 Å². The summed E-state index contributed by atoms with van der Waals surface area (Å²) in [7, 11) is 0. The smallest absolute Gasteiger partial charge is 0.191 e. The molecule has 1 aliphatic carbocycles. The molecule has 0 aromatic carbocycles. The van der Waals surface area contributed by atoms with Gasteiger partial charge < -0.3 is 10.3 Å². The zero-order valence-electron chi connectivity index (χ0n) is 10.5. The molecule has 5 nitrogen and oxygen atoms in total. The lowest BCUT2D eigenvalue weighted by atomic mass is 9.93. The number of nitrogen functional groups attached to an aromatic ring is 1. The van der Waals surface area contributed by atoms with Gasteiger partial charge in [0.05, 0.1) is 6.33 Å². The Morgan fingerprint density at radius 2 is 2.28 bits per heavy atom. The summed E-state index contributed by atoms with van der Waals surface area (Å²) in [6, 6.07) is 0.549. The van der Waals surface area contributed by atoms with Gasteiger partial charge in [0.25, 0.3) is 0 Å². The highest BCUT2D eigenvalue weighted by Gasteiger charge is 2.22. The summed E-state index contributed by atoms with van der Waals surface area (Å²) in [6.07, 6.45) is 6.68. The third kappa shape index (κ3) is 1.94. The van der Waals surface area contributed by atoms with Crippen LogP contribution in [0.15, 0.2) is 11.5 Å². The van der Waals surface area contributed by atoms with E-state index in [0.717, 1.165) is 28.5 Å². The summed E-state index contributed by atoms with van der Waals surface area (Å²) in [6.45, 7) is 2.15. The van der Waals surface area contributed by atoms with Gasteiger partial charge in [-0.25, -0.2) is 15.0 Å². The maximum atomic E-state index is 5.96. The number of hydrogen-bond acceptors (Lipinski definition) is 5. The third-order valence-electron chi connectivity index (χ3n) is 3.33. The van der Waals surface area contributed by atoms with E-state index in [0.29, 0.717) is 11.9 Å². The molecule has 0 atom stereocenters. The van der Waals surface area contributed by atoms with Crippen LogP contribution in [0, 0.1) is 0 Å². The molecular weight excluding hydrogens is 246 g/mol. The van der Waals surface area contributed by atoms with Crippen molar-refractivity contribution >= 4 is 28.7 Å². The Bertz CT molecular complexity index is 561. The quantitative estimate of drug-likeness (QED) is 0.678. The molecule has 18 heavy (non-hydrogen) atoms. The van der Waals surface area contributed by atoms with Gasteiger partial charge in [0.2, 0.25) is 0 Å². The zero-order valence-corrected chi connectivity index (χ0v) is 11.3. The maximum Gasteiger partial charge on any atom is 0.191 e. The fraction of sp³-hybridized carbons (Fsp3) is 0.583. The van der Waals surface area contributed by atoms with Crippen molar-refractivity contribution < 1.29 is 0 Å². The highest BCUT2D eigenvalue weighted by Crippen LogP contribution is 2.34.